The molecule has 0 radical (unpaired) electrons. The van der Waals surface area contributed by atoms with Crippen LogP contribution in [0, 0.1) is 11.3 Å². The Morgan fingerprint density at radius 1 is 1.24 bits per heavy atom. The summed E-state index contributed by atoms with van der Waals surface area (Å²) in [4.78, 5) is 14.5. The number of carbonyl (C=O) groups is 1. The second kappa shape index (κ2) is 6.25. The van der Waals surface area contributed by atoms with Gasteiger partial charge in [-0.1, -0.05) is 20.8 Å². The second-order valence-corrected chi connectivity index (χ2v) is 8.07. The van der Waals surface area contributed by atoms with Gasteiger partial charge >= 0.3 is 5.97 Å². The van der Waals surface area contributed by atoms with E-state index >= 15 is 0 Å². The fourth-order valence-electron chi connectivity index (χ4n) is 4.11. The molecule has 0 aromatic heterocycles. The molecule has 2 fully saturated rings. The van der Waals surface area contributed by atoms with Crippen molar-refractivity contribution in [3.05, 3.63) is 0 Å². The minimum absolute atomic E-state index is 0.239. The van der Waals surface area contributed by atoms with Gasteiger partial charge in [0.25, 0.3) is 0 Å². The zero-order valence-corrected chi connectivity index (χ0v) is 14.2. The Morgan fingerprint density at radius 2 is 1.86 bits per heavy atom. The minimum Gasteiger partial charge on any atom is -0.468 e. The predicted molar refractivity (Wildman–Crippen MR) is 84.9 cm³/mol. The lowest BCUT2D eigenvalue weighted by Gasteiger charge is -2.45. The largest absolute Gasteiger partial charge is 0.468 e. The molecule has 0 aromatic rings. The van der Waals surface area contributed by atoms with E-state index in [1.165, 1.54) is 20.0 Å². The van der Waals surface area contributed by atoms with Crippen LogP contribution in [0.25, 0.3) is 0 Å². The van der Waals surface area contributed by atoms with Crippen molar-refractivity contribution < 1.29 is 9.53 Å². The summed E-state index contributed by atoms with van der Waals surface area (Å²) < 4.78 is 4.91. The molecule has 2 aliphatic rings. The summed E-state index contributed by atoms with van der Waals surface area (Å²) in [6.07, 6.45) is 6.21. The van der Waals surface area contributed by atoms with Crippen molar-refractivity contribution in [1.82, 2.24) is 4.90 Å². The number of piperidine rings is 1. The molecule has 2 N–H and O–H groups in total. The van der Waals surface area contributed by atoms with Gasteiger partial charge in [0.1, 0.15) is 5.54 Å². The van der Waals surface area contributed by atoms with Gasteiger partial charge in [-0.2, -0.15) is 0 Å². The van der Waals surface area contributed by atoms with Crippen molar-refractivity contribution >= 4 is 5.97 Å². The maximum Gasteiger partial charge on any atom is 0.325 e. The summed E-state index contributed by atoms with van der Waals surface area (Å²) >= 11 is 0. The van der Waals surface area contributed by atoms with Gasteiger partial charge in [0, 0.05) is 6.04 Å². The molecule has 0 amide bonds. The maximum absolute atomic E-state index is 11.9. The van der Waals surface area contributed by atoms with Crippen molar-refractivity contribution in [1.29, 1.82) is 0 Å². The summed E-state index contributed by atoms with van der Waals surface area (Å²) in [6, 6.07) is 0.448. The Morgan fingerprint density at radius 3 is 2.38 bits per heavy atom. The summed E-state index contributed by atoms with van der Waals surface area (Å²) in [5, 5.41) is 0. The van der Waals surface area contributed by atoms with Crippen LogP contribution in [0.3, 0.4) is 0 Å². The molecule has 4 heteroatoms. The number of nitrogens with zero attached hydrogens (tertiary/aromatic N) is 1. The Labute approximate surface area is 129 Å². The first-order valence-corrected chi connectivity index (χ1v) is 8.37. The van der Waals surface area contributed by atoms with Crippen LogP contribution in [0.15, 0.2) is 0 Å². The molecule has 2 atom stereocenters. The number of nitrogens with two attached hydrogens (primary N) is 1. The fourth-order valence-corrected chi connectivity index (χ4v) is 4.11. The van der Waals surface area contributed by atoms with Crippen LogP contribution in [-0.4, -0.2) is 42.6 Å². The van der Waals surface area contributed by atoms with E-state index in [-0.39, 0.29) is 5.97 Å². The van der Waals surface area contributed by atoms with Gasteiger partial charge in [-0.15, -0.1) is 0 Å². The van der Waals surface area contributed by atoms with Crippen LogP contribution in [0.2, 0.25) is 0 Å². The van der Waals surface area contributed by atoms with E-state index < -0.39 is 5.54 Å². The molecule has 4 nitrogen and oxygen atoms in total. The highest BCUT2D eigenvalue weighted by Gasteiger charge is 2.42. The van der Waals surface area contributed by atoms with E-state index in [1.54, 1.807) is 0 Å². The van der Waals surface area contributed by atoms with Gasteiger partial charge in [0.2, 0.25) is 0 Å². The number of carbonyl (C=O) groups excluding carboxylic acids is 1. The van der Waals surface area contributed by atoms with Crippen molar-refractivity contribution in [3.63, 3.8) is 0 Å². The highest BCUT2D eigenvalue weighted by molar-refractivity contribution is 5.80. The van der Waals surface area contributed by atoms with Crippen LogP contribution in [0.1, 0.15) is 59.3 Å². The summed E-state index contributed by atoms with van der Waals surface area (Å²) in [5.41, 5.74) is 5.95. The van der Waals surface area contributed by atoms with Gasteiger partial charge in [-0.25, -0.2) is 0 Å². The molecule has 0 aromatic carbocycles. The first-order valence-electron chi connectivity index (χ1n) is 8.37. The predicted octanol–water partition coefficient (Wildman–Crippen LogP) is 2.56. The fraction of sp³-hybridized carbons (Fsp3) is 0.941. The van der Waals surface area contributed by atoms with Gasteiger partial charge in [-0.3, -0.25) is 4.79 Å². The SMILES string of the molecule is COC(=O)C1(N)CCCC(N2CCC(C(C)(C)C)CC2)C1. The third kappa shape index (κ3) is 3.78. The first-order chi connectivity index (χ1) is 9.76. The van der Waals surface area contributed by atoms with Gasteiger partial charge < -0.3 is 15.4 Å². The molecule has 1 aliphatic heterocycles. The Hall–Kier alpha value is -0.610. The van der Waals surface area contributed by atoms with Crippen LogP contribution in [0.5, 0.6) is 0 Å². The van der Waals surface area contributed by atoms with Crippen molar-refractivity contribution in [2.45, 2.75) is 70.9 Å². The highest BCUT2D eigenvalue weighted by Crippen LogP contribution is 2.37. The van der Waals surface area contributed by atoms with E-state index in [2.05, 4.69) is 25.7 Å². The summed E-state index contributed by atoms with van der Waals surface area (Å²) in [7, 11) is 1.44. The number of likely N-dealkylation sites (tertiary alicyclic amines) is 1. The molecule has 0 spiro atoms. The monoisotopic (exact) mass is 296 g/mol. The topological polar surface area (TPSA) is 55.6 Å². The van der Waals surface area contributed by atoms with Crippen molar-refractivity contribution in [2.24, 2.45) is 17.1 Å². The van der Waals surface area contributed by atoms with Crippen molar-refractivity contribution in [2.75, 3.05) is 20.2 Å². The minimum atomic E-state index is -0.765. The number of methoxy groups -OCH3 is 1. The van der Waals surface area contributed by atoms with Crippen LogP contribution >= 0.6 is 0 Å². The molecular weight excluding hydrogens is 264 g/mol. The van der Waals surface area contributed by atoms with E-state index in [1.807, 2.05) is 0 Å². The molecule has 2 rings (SSSR count). The Bertz CT molecular complexity index is 369. The smallest absolute Gasteiger partial charge is 0.325 e. The summed E-state index contributed by atoms with van der Waals surface area (Å²) in [5.74, 6) is 0.567. The molecule has 2 unspecified atom stereocenters. The van der Waals surface area contributed by atoms with E-state index in [9.17, 15) is 4.79 Å². The number of hydrogen-bond acceptors (Lipinski definition) is 4. The van der Waals surface area contributed by atoms with Crippen LogP contribution < -0.4 is 5.73 Å². The average Bonchev–Trinajstić information content (AvgIpc) is 2.45. The zero-order chi connectivity index (χ0) is 15.7. The number of ether oxygens (including phenoxy) is 1. The normalized spacial score (nSPS) is 32.9. The molecule has 1 aliphatic carbocycles. The summed E-state index contributed by atoms with van der Waals surface area (Å²) in [6.45, 7) is 9.32. The second-order valence-electron chi connectivity index (χ2n) is 8.07. The molecule has 1 saturated heterocycles. The average molecular weight is 296 g/mol. The first kappa shape index (κ1) is 16.8. The quantitative estimate of drug-likeness (QED) is 0.796. The number of hydrogen-bond donors (Lipinski definition) is 1. The van der Waals surface area contributed by atoms with E-state index in [0.29, 0.717) is 11.5 Å². The maximum atomic E-state index is 11.9. The lowest BCUT2D eigenvalue weighted by molar-refractivity contribution is -0.149. The molecule has 1 saturated carbocycles. The Kier molecular flexibility index (Phi) is 4.99. The molecule has 122 valence electrons. The lowest BCUT2D eigenvalue weighted by atomic mass is 9.74. The third-order valence-corrected chi connectivity index (χ3v) is 5.62. The Balaban J connectivity index is 1.93. The van der Waals surface area contributed by atoms with E-state index in [4.69, 9.17) is 10.5 Å². The van der Waals surface area contributed by atoms with Gasteiger partial charge in [-0.05, 0) is 62.9 Å². The molecule has 21 heavy (non-hydrogen) atoms. The lowest BCUT2D eigenvalue weighted by Crippen LogP contribution is -2.57. The molecule has 0 bridgehead atoms. The number of esters is 1. The van der Waals surface area contributed by atoms with Gasteiger partial charge in [0.15, 0.2) is 0 Å². The van der Waals surface area contributed by atoms with Gasteiger partial charge in [0.05, 0.1) is 7.11 Å². The zero-order valence-electron chi connectivity index (χ0n) is 14.2. The van der Waals surface area contributed by atoms with Crippen LogP contribution in [-0.2, 0) is 9.53 Å². The third-order valence-electron chi connectivity index (χ3n) is 5.62. The van der Waals surface area contributed by atoms with Crippen molar-refractivity contribution in [3.8, 4) is 0 Å². The van der Waals surface area contributed by atoms with Crippen LogP contribution in [0.4, 0.5) is 0 Å². The molecular formula is C17H32N2O2. The molecule has 1 heterocycles. The van der Waals surface area contributed by atoms with E-state index in [0.717, 1.165) is 44.7 Å². The highest BCUT2D eigenvalue weighted by atomic mass is 16.5. The standard InChI is InChI=1S/C17H32N2O2/c1-16(2,3)13-7-10-19(11-8-13)14-6-5-9-17(18,12-14)15(20)21-4/h13-14H,5-12,18H2,1-4H3. The number of rotatable bonds is 2.